The van der Waals surface area contributed by atoms with Gasteiger partial charge in [0.1, 0.15) is 0 Å². The number of aryl methyl sites for hydroxylation is 1. The molecule has 96 valence electrons. The van der Waals surface area contributed by atoms with Gasteiger partial charge < -0.3 is 9.84 Å². The van der Waals surface area contributed by atoms with Gasteiger partial charge in [-0.25, -0.2) is 0 Å². The van der Waals surface area contributed by atoms with Crippen molar-refractivity contribution in [2.75, 3.05) is 19.0 Å². The average molecular weight is 264 g/mol. The fourth-order valence-electron chi connectivity index (χ4n) is 2.70. The third kappa shape index (κ3) is 2.04. The van der Waals surface area contributed by atoms with Crippen LogP contribution in [0.25, 0.3) is 0 Å². The highest BCUT2D eigenvalue weighted by Crippen LogP contribution is 2.39. The first-order valence-corrected chi connectivity index (χ1v) is 7.24. The van der Waals surface area contributed by atoms with Gasteiger partial charge in [-0.3, -0.25) is 4.79 Å². The number of aliphatic carboxylic acids is 1. The minimum Gasteiger partial charge on any atom is -0.481 e. The van der Waals surface area contributed by atoms with E-state index in [4.69, 9.17) is 9.84 Å². The van der Waals surface area contributed by atoms with E-state index in [2.05, 4.69) is 18.2 Å². The van der Waals surface area contributed by atoms with Crippen molar-refractivity contribution in [3.8, 4) is 0 Å². The molecule has 1 aromatic carbocycles. The highest BCUT2D eigenvalue weighted by molar-refractivity contribution is 7.99. The molecule has 0 amide bonds. The van der Waals surface area contributed by atoms with Gasteiger partial charge in [-0.15, -0.1) is 11.8 Å². The molecule has 3 nitrogen and oxygen atoms in total. The minimum atomic E-state index is -0.745. The Bertz CT molecular complexity index is 480. The molecule has 2 heterocycles. The number of carboxylic acid groups (broad SMARTS) is 1. The second-order valence-corrected chi connectivity index (χ2v) is 6.25. The van der Waals surface area contributed by atoms with Crippen LogP contribution in [0.5, 0.6) is 0 Å². The summed E-state index contributed by atoms with van der Waals surface area (Å²) in [5.74, 6) is 0.445. The summed E-state index contributed by atoms with van der Waals surface area (Å²) in [4.78, 5) is 12.4. The molecule has 18 heavy (non-hydrogen) atoms. The number of carbonyl (C=O) groups is 1. The standard InChI is InChI=1S/C14H16O3S/c15-13(16)7-14(8-17-9-14)11-3-4-12-10(6-11)2-1-5-18-12/h3-4,6H,1-2,5,7-9H2,(H,15,16). The van der Waals surface area contributed by atoms with Gasteiger partial charge in [0.15, 0.2) is 0 Å². The number of rotatable bonds is 3. The lowest BCUT2D eigenvalue weighted by Gasteiger charge is -2.41. The Morgan fingerprint density at radius 3 is 2.94 bits per heavy atom. The molecule has 1 saturated heterocycles. The summed E-state index contributed by atoms with van der Waals surface area (Å²) in [6, 6.07) is 6.44. The van der Waals surface area contributed by atoms with Crippen LogP contribution in [-0.2, 0) is 21.4 Å². The van der Waals surface area contributed by atoms with Crippen molar-refractivity contribution in [3.05, 3.63) is 29.3 Å². The zero-order valence-corrected chi connectivity index (χ0v) is 11.0. The molecule has 0 bridgehead atoms. The van der Waals surface area contributed by atoms with E-state index in [-0.39, 0.29) is 11.8 Å². The van der Waals surface area contributed by atoms with Crippen molar-refractivity contribution in [1.29, 1.82) is 0 Å². The van der Waals surface area contributed by atoms with Gasteiger partial charge >= 0.3 is 5.97 Å². The van der Waals surface area contributed by atoms with E-state index >= 15 is 0 Å². The predicted octanol–water partition coefficient (Wildman–Crippen LogP) is 2.47. The smallest absolute Gasteiger partial charge is 0.304 e. The Morgan fingerprint density at radius 1 is 1.44 bits per heavy atom. The second kappa shape index (κ2) is 4.59. The maximum Gasteiger partial charge on any atom is 0.304 e. The highest BCUT2D eigenvalue weighted by atomic mass is 32.2. The van der Waals surface area contributed by atoms with Crippen LogP contribution in [0.4, 0.5) is 0 Å². The number of fused-ring (bicyclic) bond motifs is 1. The minimum absolute atomic E-state index is 0.166. The van der Waals surface area contributed by atoms with Crippen molar-refractivity contribution >= 4 is 17.7 Å². The fraction of sp³-hybridized carbons (Fsp3) is 0.500. The summed E-state index contributed by atoms with van der Waals surface area (Å²) in [7, 11) is 0. The predicted molar refractivity (Wildman–Crippen MR) is 70.2 cm³/mol. The third-order valence-corrected chi connectivity index (χ3v) is 4.97. The molecule has 0 spiro atoms. The van der Waals surface area contributed by atoms with Crippen LogP contribution in [0.15, 0.2) is 23.1 Å². The first-order valence-electron chi connectivity index (χ1n) is 6.25. The van der Waals surface area contributed by atoms with Crippen LogP contribution >= 0.6 is 11.8 Å². The maximum atomic E-state index is 11.0. The first kappa shape index (κ1) is 12.1. The lowest BCUT2D eigenvalue weighted by atomic mass is 9.75. The van der Waals surface area contributed by atoms with Crippen LogP contribution < -0.4 is 0 Å². The zero-order chi connectivity index (χ0) is 12.6. The summed E-state index contributed by atoms with van der Waals surface area (Å²) < 4.78 is 5.27. The van der Waals surface area contributed by atoms with E-state index < -0.39 is 5.97 Å². The van der Waals surface area contributed by atoms with Crippen LogP contribution in [0.3, 0.4) is 0 Å². The summed E-state index contributed by atoms with van der Waals surface area (Å²) in [6.07, 6.45) is 2.49. The zero-order valence-electron chi connectivity index (χ0n) is 10.1. The van der Waals surface area contributed by atoms with Crippen molar-refractivity contribution in [2.45, 2.75) is 29.6 Å². The van der Waals surface area contributed by atoms with Crippen LogP contribution in [0.1, 0.15) is 24.0 Å². The van der Waals surface area contributed by atoms with Gasteiger partial charge in [-0.1, -0.05) is 12.1 Å². The van der Waals surface area contributed by atoms with Crippen molar-refractivity contribution in [3.63, 3.8) is 0 Å². The van der Waals surface area contributed by atoms with Crippen LogP contribution in [0.2, 0.25) is 0 Å². The summed E-state index contributed by atoms with van der Waals surface area (Å²) in [5.41, 5.74) is 2.22. The Labute approximate surface area is 111 Å². The molecule has 0 aliphatic carbocycles. The largest absolute Gasteiger partial charge is 0.481 e. The lowest BCUT2D eigenvalue weighted by Crippen LogP contribution is -2.48. The first-order chi connectivity index (χ1) is 8.70. The van der Waals surface area contributed by atoms with Gasteiger partial charge in [-0.2, -0.15) is 0 Å². The number of hydrogen-bond donors (Lipinski definition) is 1. The maximum absolute atomic E-state index is 11.0. The summed E-state index contributed by atoms with van der Waals surface area (Å²) >= 11 is 1.90. The molecule has 0 atom stereocenters. The van der Waals surface area contributed by atoms with E-state index in [1.54, 1.807) is 0 Å². The molecule has 0 aromatic heterocycles. The van der Waals surface area contributed by atoms with Gasteiger partial charge in [0.25, 0.3) is 0 Å². The highest BCUT2D eigenvalue weighted by Gasteiger charge is 2.42. The molecule has 4 heteroatoms. The topological polar surface area (TPSA) is 46.5 Å². The van der Waals surface area contributed by atoms with E-state index in [0.29, 0.717) is 13.2 Å². The van der Waals surface area contributed by atoms with Gasteiger partial charge in [-0.05, 0) is 35.8 Å². The Morgan fingerprint density at radius 2 is 2.28 bits per heavy atom. The molecule has 2 aliphatic heterocycles. The van der Waals surface area contributed by atoms with E-state index in [1.807, 2.05) is 11.8 Å². The van der Waals surface area contributed by atoms with Crippen molar-refractivity contribution < 1.29 is 14.6 Å². The second-order valence-electron chi connectivity index (χ2n) is 5.12. The molecule has 1 aromatic rings. The Hall–Kier alpha value is -1.00. The number of thioether (sulfide) groups is 1. The molecule has 0 saturated carbocycles. The van der Waals surface area contributed by atoms with Crippen LogP contribution in [0, 0.1) is 0 Å². The van der Waals surface area contributed by atoms with E-state index in [0.717, 1.165) is 12.0 Å². The number of ether oxygens (including phenoxy) is 1. The monoisotopic (exact) mass is 264 g/mol. The molecule has 0 unspecified atom stereocenters. The normalized spacial score (nSPS) is 20.9. The lowest BCUT2D eigenvalue weighted by molar-refractivity contribution is -0.145. The molecule has 1 fully saturated rings. The summed E-state index contributed by atoms with van der Waals surface area (Å²) in [6.45, 7) is 1.07. The molecule has 3 rings (SSSR count). The van der Waals surface area contributed by atoms with E-state index in [9.17, 15) is 4.79 Å². The van der Waals surface area contributed by atoms with Gasteiger partial charge in [0.05, 0.1) is 25.0 Å². The molecular formula is C14H16O3S. The molecule has 1 N–H and O–H groups in total. The third-order valence-electron chi connectivity index (χ3n) is 3.77. The van der Waals surface area contributed by atoms with Crippen molar-refractivity contribution in [2.24, 2.45) is 0 Å². The number of carboxylic acids is 1. The van der Waals surface area contributed by atoms with E-state index in [1.165, 1.54) is 22.6 Å². The number of hydrogen-bond acceptors (Lipinski definition) is 3. The quantitative estimate of drug-likeness (QED) is 0.911. The number of benzene rings is 1. The van der Waals surface area contributed by atoms with Crippen molar-refractivity contribution in [1.82, 2.24) is 0 Å². The Kier molecular flexibility index (Phi) is 3.08. The van der Waals surface area contributed by atoms with Gasteiger partial charge in [0.2, 0.25) is 0 Å². The average Bonchev–Trinajstić information content (AvgIpc) is 2.33. The Balaban J connectivity index is 1.93. The van der Waals surface area contributed by atoms with Gasteiger partial charge in [0, 0.05) is 4.90 Å². The SMILES string of the molecule is O=C(O)CC1(c2ccc3c(c2)CCCS3)COC1. The molecular weight excluding hydrogens is 248 g/mol. The summed E-state index contributed by atoms with van der Waals surface area (Å²) in [5, 5.41) is 9.05. The molecule has 0 radical (unpaired) electrons. The fourth-order valence-corrected chi connectivity index (χ4v) is 3.72. The molecule has 2 aliphatic rings. The van der Waals surface area contributed by atoms with Crippen LogP contribution in [-0.4, -0.2) is 30.0 Å².